The Morgan fingerprint density at radius 2 is 2.11 bits per heavy atom. The number of likely N-dealkylation sites (N-methyl/N-ethyl adjacent to an activating group) is 1. The molecule has 1 rings (SSSR count). The fraction of sp³-hybridized carbons (Fsp3) is 1.00. The van der Waals surface area contributed by atoms with Crippen molar-refractivity contribution in [3.63, 3.8) is 0 Å². The van der Waals surface area contributed by atoms with Gasteiger partial charge in [-0.05, 0) is 52.4 Å². The van der Waals surface area contributed by atoms with Gasteiger partial charge in [0.25, 0.3) is 0 Å². The summed E-state index contributed by atoms with van der Waals surface area (Å²) in [5, 5.41) is 3.68. The number of rotatable bonds is 9. The Kier molecular flexibility index (Phi) is 7.87. The van der Waals surface area contributed by atoms with E-state index in [1.807, 2.05) is 0 Å². The van der Waals surface area contributed by atoms with Crippen LogP contribution in [-0.2, 0) is 0 Å². The molecule has 2 unspecified atom stereocenters. The van der Waals surface area contributed by atoms with Crippen LogP contribution in [0.15, 0.2) is 0 Å². The third-order valence-electron chi connectivity index (χ3n) is 3.91. The first-order valence-electron chi connectivity index (χ1n) is 7.76. The molecule has 108 valence electrons. The number of nitrogens with one attached hydrogen (secondary N) is 1. The van der Waals surface area contributed by atoms with Crippen molar-refractivity contribution in [2.24, 2.45) is 5.92 Å². The molecule has 0 aromatic carbocycles. The predicted octanol–water partition coefficient (Wildman–Crippen LogP) is 2.04. The van der Waals surface area contributed by atoms with Crippen LogP contribution < -0.4 is 5.32 Å². The number of nitrogens with zero attached hydrogens (tertiary/aromatic N) is 2. The molecule has 3 nitrogen and oxygen atoms in total. The highest BCUT2D eigenvalue weighted by molar-refractivity contribution is 4.77. The lowest BCUT2D eigenvalue weighted by molar-refractivity contribution is 0.241. The van der Waals surface area contributed by atoms with Gasteiger partial charge in [-0.15, -0.1) is 0 Å². The molecule has 0 aromatic rings. The van der Waals surface area contributed by atoms with Crippen LogP contribution in [0, 0.1) is 5.92 Å². The van der Waals surface area contributed by atoms with E-state index in [1.54, 1.807) is 0 Å². The summed E-state index contributed by atoms with van der Waals surface area (Å²) >= 11 is 0. The minimum absolute atomic E-state index is 0.680. The molecule has 1 fully saturated rings. The van der Waals surface area contributed by atoms with Gasteiger partial charge in [-0.3, -0.25) is 0 Å². The van der Waals surface area contributed by atoms with E-state index in [2.05, 4.69) is 43.1 Å². The highest BCUT2D eigenvalue weighted by atomic mass is 15.2. The molecule has 1 N–H and O–H groups in total. The van der Waals surface area contributed by atoms with Gasteiger partial charge in [-0.25, -0.2) is 0 Å². The van der Waals surface area contributed by atoms with E-state index < -0.39 is 0 Å². The summed E-state index contributed by atoms with van der Waals surface area (Å²) in [5.41, 5.74) is 0. The molecule has 0 bridgehead atoms. The second-order valence-corrected chi connectivity index (χ2v) is 6.08. The molecule has 0 saturated carbocycles. The Morgan fingerprint density at radius 1 is 1.33 bits per heavy atom. The van der Waals surface area contributed by atoms with E-state index in [-0.39, 0.29) is 0 Å². The lowest BCUT2D eigenvalue weighted by atomic mass is 10.1. The predicted molar refractivity (Wildman–Crippen MR) is 80.1 cm³/mol. The minimum Gasteiger partial charge on any atom is -0.313 e. The van der Waals surface area contributed by atoms with Gasteiger partial charge in [-0.1, -0.05) is 20.3 Å². The van der Waals surface area contributed by atoms with Crippen LogP contribution in [0.1, 0.15) is 39.5 Å². The molecule has 18 heavy (non-hydrogen) atoms. The van der Waals surface area contributed by atoms with Gasteiger partial charge in [0, 0.05) is 25.7 Å². The van der Waals surface area contributed by atoms with Crippen molar-refractivity contribution in [2.75, 3.05) is 46.8 Å². The van der Waals surface area contributed by atoms with Gasteiger partial charge in [0.1, 0.15) is 0 Å². The molecule has 0 amide bonds. The van der Waals surface area contributed by atoms with Gasteiger partial charge >= 0.3 is 0 Å². The molecular formula is C15H33N3. The van der Waals surface area contributed by atoms with Crippen molar-refractivity contribution in [3.8, 4) is 0 Å². The zero-order chi connectivity index (χ0) is 13.4. The normalized spacial score (nSPS) is 22.8. The van der Waals surface area contributed by atoms with Crippen molar-refractivity contribution in [3.05, 3.63) is 0 Å². The lowest BCUT2D eigenvalue weighted by Crippen LogP contribution is -2.41. The topological polar surface area (TPSA) is 18.5 Å². The smallest absolute Gasteiger partial charge is 0.0194 e. The van der Waals surface area contributed by atoms with E-state index >= 15 is 0 Å². The standard InChI is InChI=1S/C15H33N3/c1-5-7-15(16-9-6-2)13-18(4)12-14-8-10-17(3)11-14/h14-16H,5-13H2,1-4H3. The molecule has 2 atom stereocenters. The summed E-state index contributed by atoms with van der Waals surface area (Å²) in [5.74, 6) is 0.883. The Labute approximate surface area is 114 Å². The zero-order valence-electron chi connectivity index (χ0n) is 12.9. The monoisotopic (exact) mass is 255 g/mol. The number of hydrogen-bond donors (Lipinski definition) is 1. The molecule has 1 saturated heterocycles. The third kappa shape index (κ3) is 6.17. The van der Waals surface area contributed by atoms with Crippen molar-refractivity contribution >= 4 is 0 Å². The van der Waals surface area contributed by atoms with Gasteiger partial charge in [0.2, 0.25) is 0 Å². The first-order chi connectivity index (χ1) is 8.65. The maximum Gasteiger partial charge on any atom is 0.0194 e. The molecule has 0 aliphatic carbocycles. The van der Waals surface area contributed by atoms with Crippen LogP contribution in [0.3, 0.4) is 0 Å². The molecular weight excluding hydrogens is 222 g/mol. The van der Waals surface area contributed by atoms with Gasteiger partial charge in [0.15, 0.2) is 0 Å². The van der Waals surface area contributed by atoms with E-state index in [0.717, 1.165) is 12.5 Å². The van der Waals surface area contributed by atoms with Crippen molar-refractivity contribution in [2.45, 2.75) is 45.6 Å². The Bertz CT molecular complexity index is 208. The molecule has 3 heteroatoms. The summed E-state index contributed by atoms with van der Waals surface area (Å²) in [6.07, 6.45) is 5.19. The van der Waals surface area contributed by atoms with E-state index in [0.29, 0.717) is 6.04 Å². The maximum atomic E-state index is 3.68. The van der Waals surface area contributed by atoms with E-state index in [9.17, 15) is 0 Å². The van der Waals surface area contributed by atoms with Crippen LogP contribution in [0.2, 0.25) is 0 Å². The quantitative estimate of drug-likeness (QED) is 0.680. The first-order valence-corrected chi connectivity index (χ1v) is 7.76. The lowest BCUT2D eigenvalue weighted by Gasteiger charge is -2.27. The maximum absolute atomic E-state index is 3.68. The average molecular weight is 255 g/mol. The van der Waals surface area contributed by atoms with Crippen LogP contribution in [0.4, 0.5) is 0 Å². The summed E-state index contributed by atoms with van der Waals surface area (Å²) in [6, 6.07) is 0.680. The molecule has 1 aliphatic heterocycles. The van der Waals surface area contributed by atoms with Crippen molar-refractivity contribution in [1.29, 1.82) is 0 Å². The Balaban J connectivity index is 2.24. The fourth-order valence-electron chi connectivity index (χ4n) is 3.02. The molecule has 1 aliphatic rings. The van der Waals surface area contributed by atoms with Crippen LogP contribution >= 0.6 is 0 Å². The van der Waals surface area contributed by atoms with Gasteiger partial charge in [0.05, 0.1) is 0 Å². The zero-order valence-corrected chi connectivity index (χ0v) is 12.9. The number of hydrogen-bond acceptors (Lipinski definition) is 3. The second-order valence-electron chi connectivity index (χ2n) is 6.08. The third-order valence-corrected chi connectivity index (χ3v) is 3.91. The Hall–Kier alpha value is -0.120. The number of likely N-dealkylation sites (tertiary alicyclic amines) is 1. The van der Waals surface area contributed by atoms with Gasteiger partial charge < -0.3 is 15.1 Å². The fourth-order valence-corrected chi connectivity index (χ4v) is 3.02. The van der Waals surface area contributed by atoms with Crippen LogP contribution in [0.25, 0.3) is 0 Å². The van der Waals surface area contributed by atoms with Crippen LogP contribution in [-0.4, -0.2) is 62.7 Å². The summed E-state index contributed by atoms with van der Waals surface area (Å²) in [6.45, 7) is 10.7. The highest BCUT2D eigenvalue weighted by Gasteiger charge is 2.21. The SMILES string of the molecule is CCCNC(CCC)CN(C)CC1CCN(C)C1. The molecule has 1 heterocycles. The molecule has 0 spiro atoms. The summed E-state index contributed by atoms with van der Waals surface area (Å²) < 4.78 is 0. The van der Waals surface area contributed by atoms with Crippen molar-refractivity contribution in [1.82, 2.24) is 15.1 Å². The highest BCUT2D eigenvalue weighted by Crippen LogP contribution is 2.15. The Morgan fingerprint density at radius 3 is 2.67 bits per heavy atom. The van der Waals surface area contributed by atoms with E-state index in [1.165, 1.54) is 51.9 Å². The first kappa shape index (κ1) is 15.9. The van der Waals surface area contributed by atoms with E-state index in [4.69, 9.17) is 0 Å². The molecule has 0 radical (unpaired) electrons. The van der Waals surface area contributed by atoms with Crippen molar-refractivity contribution < 1.29 is 0 Å². The average Bonchev–Trinajstić information content (AvgIpc) is 2.71. The minimum atomic E-state index is 0.680. The van der Waals surface area contributed by atoms with Crippen LogP contribution in [0.5, 0.6) is 0 Å². The second kappa shape index (κ2) is 8.89. The molecule has 0 aromatic heterocycles. The summed E-state index contributed by atoms with van der Waals surface area (Å²) in [7, 11) is 4.53. The largest absolute Gasteiger partial charge is 0.313 e. The van der Waals surface area contributed by atoms with Gasteiger partial charge in [-0.2, -0.15) is 0 Å². The summed E-state index contributed by atoms with van der Waals surface area (Å²) in [4.78, 5) is 4.99.